The average molecular weight is 1860 g/mol. The molecule has 0 aromatic heterocycles. The summed E-state index contributed by atoms with van der Waals surface area (Å²) >= 11 is 0. The van der Waals surface area contributed by atoms with Gasteiger partial charge in [0.25, 0.3) is 23.5 Å². The van der Waals surface area contributed by atoms with E-state index in [9.17, 15) is 72.2 Å². The van der Waals surface area contributed by atoms with Gasteiger partial charge in [0.15, 0.2) is 24.0 Å². The number of carbonyl (C=O) groups excluding carboxylic acids is 13. The molecule has 0 aromatic rings. The fourth-order valence-corrected chi connectivity index (χ4v) is 17.0. The minimum absolute atomic E-state index is 0. The maximum absolute atomic E-state index is 13.9. The fourth-order valence-electron chi connectivity index (χ4n) is 17.0. The number of nitrogens with zero attached hydrogens (tertiary/aromatic N) is 2. The summed E-state index contributed by atoms with van der Waals surface area (Å²) in [4.78, 5) is 172. The zero-order valence-electron chi connectivity index (χ0n) is 75.8. The van der Waals surface area contributed by atoms with E-state index >= 15 is 0 Å². The Kier molecular flexibility index (Phi) is 41.8. The summed E-state index contributed by atoms with van der Waals surface area (Å²) in [5, 5.41) is 39.6. The number of ether oxygens (including phenoxy) is 1. The molecule has 36 heteroatoms. The highest BCUT2D eigenvalue weighted by Gasteiger charge is 2.72. The molecule has 6 saturated carbocycles. The summed E-state index contributed by atoms with van der Waals surface area (Å²) in [6.07, 6.45) is 11.0. The number of carbonyl (C=O) groups is 14. The maximum Gasteiger partial charge on any atom is 0.364 e. The van der Waals surface area contributed by atoms with Gasteiger partial charge in [0.2, 0.25) is 23.5 Å². The first-order chi connectivity index (χ1) is 52.1. The molecule has 0 aromatic carbocycles. The van der Waals surface area contributed by atoms with Gasteiger partial charge in [-0.25, -0.2) is 24.0 Å². The number of likely N-dealkylation sites (tertiary alicyclic amines) is 2. The highest BCUT2D eigenvalue weighted by Crippen LogP contribution is 2.66. The minimum atomic E-state index is -1.07. The van der Waals surface area contributed by atoms with Crippen LogP contribution in [0.4, 0.5) is 14.4 Å². The number of aliphatic hydroxyl groups excluding tert-OH is 1. The second kappa shape index (κ2) is 44.1. The number of quaternary nitrogens is 3. The van der Waals surface area contributed by atoms with Crippen LogP contribution in [0.1, 0.15) is 250 Å². The first kappa shape index (κ1) is 113. The van der Waals surface area contributed by atoms with Gasteiger partial charge in [0.05, 0.1) is 25.7 Å². The van der Waals surface area contributed by atoms with Crippen molar-refractivity contribution in [3.8, 4) is 0 Å². The van der Waals surface area contributed by atoms with Crippen molar-refractivity contribution in [3.63, 3.8) is 0 Å². The van der Waals surface area contributed by atoms with Gasteiger partial charge >= 0.3 is 30.0 Å². The lowest BCUT2D eigenvalue weighted by molar-refractivity contribution is -0.670. The second-order valence-corrected chi connectivity index (χ2v) is 42.1. The van der Waals surface area contributed by atoms with E-state index < -0.39 is 123 Å². The standard InChI is InChI=1S/C27H45N5O5.C20H35N3O3.C11H22N2O3.C9H15NO2.C8H16N2O2.C8H14N2O2.3ClH.HI/c1-25(2,3)20(30-24(37)31-26(4,5)6)23(36)32-13-15-17(27(15,7)8)18(32)22(35)29-16(19(33)21(28)34)12-14-10-9-11-14;1-11(24)14-13-12(20(13,8)9)10-23(14)16(25)15(18(2,3)4)21-17(26)22-19(5,6)7;1-10(2,3)7(8(14)15)12-9(16)13-11(4,5)6;1-9(2)5-4-10-7(6(5)9)8(11)12-3;2*9-6(7(11)8(10)12)4-5-2-1-3-5;;;;/h14-18,20H,9-13H2,1-8H3,(H2,28,34)(H,29,35)(H2,30,31,37);12-15H,10H2,1-9H3,(H2,21,22,26);7H,1-6H3,(H,14,15)(H2,12,13,16);5-7,10H,4H2,1-3H3;5-7,11H,1-4,9H2,(H2,10,12);5-6H,1-4,9H2,(H2,10,12);4*1H/t15-,16?,17-,18-,20+;12-,13-,14+,15+;;5-,6-,7-;;;;;;/m00.0....../s1. The molecule has 6 aliphatic carbocycles. The number of hydrogen-bond donors (Lipinski definition) is 15. The number of aliphatic carboxylic acids is 1. The molecule has 16 atom stereocenters. The molecule has 0 spiro atoms. The number of halogens is 4. The first-order valence-electron chi connectivity index (χ1n) is 41.3. The second-order valence-electron chi connectivity index (χ2n) is 42.1. The molecule has 9 aliphatic rings. The van der Waals surface area contributed by atoms with Crippen molar-refractivity contribution < 1.29 is 136 Å². The van der Waals surface area contributed by atoms with Crippen molar-refractivity contribution in [2.45, 2.75) is 327 Å². The molecule has 9 fully saturated rings. The Morgan fingerprint density at radius 2 is 0.832 bits per heavy atom. The lowest BCUT2D eigenvalue weighted by atomic mass is 9.80. The smallest absolute Gasteiger partial charge is 0.364 e. The van der Waals surface area contributed by atoms with Crippen LogP contribution in [-0.2, 0) is 57.5 Å². The molecule has 3 saturated heterocycles. The zero-order valence-corrected chi connectivity index (χ0v) is 80.4. The number of ketones is 3. The SMILES string of the molecule is CC(=O)[C@@H]1[C@@H]2[C@H](CN1C(=O)[C@@H](NC(=O)NC(C)(C)C)C(C)(C)C)C2(C)C.CC(C)(C)NC(=O)NC(C(=O)O)C(C)(C)C.CC(C)(C)NC(=O)N[C@H](C(=O)N1C[C@H]2[C@@H]([C@H]1C(=O)NC(CC1CCC1)C(=O)C(N)=O)C2(C)C)C(C)(C)C.COC(=O)[C@H]1[NH2+]C[C@H]2[C@@H]1C2(C)C.I.NC(=O)C(=O)C([NH3+])CC1CCC1.NC(=O)C(O)C([NH3+])CC1CCC1.[Cl-].[Cl-].[Cl-]. The van der Waals surface area contributed by atoms with E-state index in [1.54, 1.807) is 37.5 Å². The summed E-state index contributed by atoms with van der Waals surface area (Å²) in [5.41, 5.74) is 19.9. The van der Waals surface area contributed by atoms with E-state index in [2.05, 4.69) is 95.5 Å². The molecule has 3 heterocycles. The number of Topliss-reactive ketones (excluding diaryl/α,β-unsaturated/α-hetero) is 3. The molecule has 0 radical (unpaired) electrons. The summed E-state index contributed by atoms with van der Waals surface area (Å²) in [5.74, 6) is -2.46. The Labute approximate surface area is 742 Å². The molecule has 32 nitrogen and oxygen atoms in total. The summed E-state index contributed by atoms with van der Waals surface area (Å²) in [6, 6.07) is -6.50. The quantitative estimate of drug-likeness (QED) is 0.0273. The predicted molar refractivity (Wildman–Crippen MR) is 448 cm³/mol. The van der Waals surface area contributed by atoms with Crippen molar-refractivity contribution in [2.24, 2.45) is 103 Å². The Balaban J connectivity index is 0.00000148. The van der Waals surface area contributed by atoms with Gasteiger partial charge in [0, 0.05) is 54.4 Å². The lowest BCUT2D eigenvalue weighted by Crippen LogP contribution is -3.00. The third-order valence-electron chi connectivity index (χ3n) is 24.7. The molecule has 0 bridgehead atoms. The molecule has 688 valence electrons. The minimum Gasteiger partial charge on any atom is -1.00 e. The molecule has 3 aliphatic heterocycles. The molecule has 9 rings (SSSR count). The number of amides is 12. The predicted octanol–water partition coefficient (Wildman–Crippen LogP) is -5.65. The Morgan fingerprint density at radius 3 is 1.13 bits per heavy atom. The van der Waals surface area contributed by atoms with Gasteiger partial charge in [-0.1, -0.05) is 162 Å². The van der Waals surface area contributed by atoms with Crippen molar-refractivity contribution >= 4 is 107 Å². The van der Waals surface area contributed by atoms with Crippen LogP contribution in [0.25, 0.3) is 0 Å². The van der Waals surface area contributed by atoms with Crippen molar-refractivity contribution in [2.75, 3.05) is 26.7 Å². The van der Waals surface area contributed by atoms with Gasteiger partial charge in [-0.3, -0.25) is 43.2 Å². The number of carboxylic acid groups (broad SMARTS) is 1. The third kappa shape index (κ3) is 31.9. The number of esters is 1. The van der Waals surface area contributed by atoms with Crippen LogP contribution in [0, 0.1) is 85.8 Å². The molecule has 12 amide bonds. The van der Waals surface area contributed by atoms with Crippen LogP contribution in [-0.4, -0.2) is 207 Å². The van der Waals surface area contributed by atoms with E-state index in [1.807, 2.05) is 104 Å². The molecular weight excluding hydrogens is 1710 g/mol. The third-order valence-corrected chi connectivity index (χ3v) is 24.7. The number of aliphatic hydroxyl groups is 1. The van der Waals surface area contributed by atoms with Crippen LogP contribution >= 0.6 is 24.0 Å². The van der Waals surface area contributed by atoms with E-state index in [4.69, 9.17) is 27.0 Å². The van der Waals surface area contributed by atoms with Gasteiger partial charge in [0.1, 0.15) is 30.2 Å². The van der Waals surface area contributed by atoms with Gasteiger partial charge in [-0.15, -0.1) is 24.0 Å². The van der Waals surface area contributed by atoms with Crippen LogP contribution < -0.4 is 108 Å². The molecular formula is C83H151Cl3IN15O17. The number of piperidine rings is 3. The number of nitrogens with one attached hydrogen (secondary N) is 7. The number of rotatable bonds is 22. The monoisotopic (exact) mass is 1860 g/mol. The lowest BCUT2D eigenvalue weighted by Gasteiger charge is -2.38. The average Bonchev–Trinajstić information content (AvgIpc) is 1.54. The first-order valence-corrected chi connectivity index (χ1v) is 41.3. The number of hydrogen-bond acceptors (Lipinski definition) is 16. The summed E-state index contributed by atoms with van der Waals surface area (Å²) in [7, 11) is 1.47. The van der Waals surface area contributed by atoms with Crippen molar-refractivity contribution in [3.05, 3.63) is 0 Å². The van der Waals surface area contributed by atoms with E-state index in [0.29, 0.717) is 48.6 Å². The van der Waals surface area contributed by atoms with Crippen LogP contribution in [0.3, 0.4) is 0 Å². The fraction of sp³-hybridized carbons (Fsp3) is 0.831. The highest BCUT2D eigenvalue weighted by molar-refractivity contribution is 14.0. The summed E-state index contributed by atoms with van der Waals surface area (Å²) in [6.45, 7) is 50.0. The van der Waals surface area contributed by atoms with Crippen LogP contribution in [0.15, 0.2) is 0 Å². The number of nitrogens with two attached hydrogens (primary N) is 4. The summed E-state index contributed by atoms with van der Waals surface area (Å²) < 4.78 is 4.75. The Morgan fingerprint density at radius 1 is 0.496 bits per heavy atom. The van der Waals surface area contributed by atoms with Gasteiger partial charge in [-0.2, -0.15) is 0 Å². The molecule has 23 N–H and O–H groups in total. The largest absolute Gasteiger partial charge is 1.00 e. The molecule has 119 heavy (non-hydrogen) atoms. The van der Waals surface area contributed by atoms with E-state index in [-0.39, 0.29) is 149 Å². The number of primary amides is 3. The molecule has 5 unspecified atom stereocenters. The maximum atomic E-state index is 13.9. The van der Waals surface area contributed by atoms with Gasteiger partial charge in [-0.05, 0) is 150 Å². The normalized spacial score (nSPS) is 24.8. The Bertz CT molecular complexity index is 3540. The number of urea groups is 3. The van der Waals surface area contributed by atoms with Gasteiger partial charge < -0.3 is 133 Å². The van der Waals surface area contributed by atoms with Crippen molar-refractivity contribution in [1.29, 1.82) is 0 Å². The topological polar surface area (TPSA) is 529 Å². The number of fused-ring (bicyclic) bond motifs is 3. The number of carboxylic acids is 1. The van der Waals surface area contributed by atoms with E-state index in [1.165, 1.54) is 32.8 Å². The van der Waals surface area contributed by atoms with Crippen LogP contribution in [0.5, 0.6) is 0 Å². The van der Waals surface area contributed by atoms with Crippen molar-refractivity contribution in [1.82, 2.24) is 47.0 Å². The van der Waals surface area contributed by atoms with Crippen LogP contribution in [0.2, 0.25) is 0 Å². The zero-order chi connectivity index (χ0) is 88.7. The van der Waals surface area contributed by atoms with E-state index in [0.717, 1.165) is 57.4 Å². The Hall–Kier alpha value is -5.98. The highest BCUT2D eigenvalue weighted by atomic mass is 127. The number of methoxy groups -OCH3 is 1.